The molecule has 0 amide bonds. The van der Waals surface area contributed by atoms with Crippen molar-refractivity contribution in [1.29, 1.82) is 0 Å². The quantitative estimate of drug-likeness (QED) is 0.196. The number of aromatic nitrogens is 1. The number of hydrogen-bond donors (Lipinski definition) is 0. The Kier molecular flexibility index (Phi) is 5.37. The summed E-state index contributed by atoms with van der Waals surface area (Å²) in [4.78, 5) is 0. The highest BCUT2D eigenvalue weighted by Crippen LogP contribution is 2.60. The molecule has 0 spiro atoms. The molecule has 8 aromatic rings. The first-order chi connectivity index (χ1) is 23.1. The molecule has 1 aromatic heterocycles. The SMILES string of the molecule is CC1(C)c2cc(-c3ccccc3)ccc2-c2c1cc(-c1ccccc1)c1c2Oc2cc(-c3ccccc3)cc3c4ccccc4n-1c23. The first-order valence-electron chi connectivity index (χ1n) is 16.4. The molecule has 0 saturated heterocycles. The van der Waals surface area contributed by atoms with Gasteiger partial charge in [0.15, 0.2) is 11.5 Å². The third-order valence-corrected chi connectivity index (χ3v) is 10.4. The Morgan fingerprint density at radius 2 is 1.13 bits per heavy atom. The molecule has 47 heavy (non-hydrogen) atoms. The summed E-state index contributed by atoms with van der Waals surface area (Å²) in [5.74, 6) is 1.82. The van der Waals surface area contributed by atoms with Crippen LogP contribution in [0.1, 0.15) is 25.0 Å². The second-order valence-corrected chi connectivity index (χ2v) is 13.3. The molecule has 0 fully saturated rings. The molecule has 0 saturated carbocycles. The molecule has 0 unspecified atom stereocenters. The van der Waals surface area contributed by atoms with E-state index < -0.39 is 0 Å². The minimum atomic E-state index is -0.225. The van der Waals surface area contributed by atoms with Crippen molar-refractivity contribution in [2.24, 2.45) is 0 Å². The molecule has 0 bridgehead atoms. The van der Waals surface area contributed by atoms with Gasteiger partial charge in [-0.15, -0.1) is 0 Å². The van der Waals surface area contributed by atoms with Gasteiger partial charge >= 0.3 is 0 Å². The summed E-state index contributed by atoms with van der Waals surface area (Å²) in [6.45, 7) is 4.72. The lowest BCUT2D eigenvalue weighted by Gasteiger charge is -2.29. The van der Waals surface area contributed by atoms with Crippen molar-refractivity contribution in [3.8, 4) is 61.7 Å². The van der Waals surface area contributed by atoms with Crippen molar-refractivity contribution in [3.05, 3.63) is 163 Å². The Balaban J connectivity index is 1.33. The number of ether oxygens (including phenoxy) is 1. The van der Waals surface area contributed by atoms with E-state index >= 15 is 0 Å². The predicted octanol–water partition coefficient (Wildman–Crippen LogP) is 12.2. The molecule has 0 radical (unpaired) electrons. The number of rotatable bonds is 3. The molecule has 7 aromatic carbocycles. The van der Waals surface area contributed by atoms with E-state index in [1.165, 1.54) is 66.4 Å². The van der Waals surface area contributed by atoms with Crippen molar-refractivity contribution >= 4 is 21.8 Å². The maximum absolute atomic E-state index is 7.29. The van der Waals surface area contributed by atoms with Crippen LogP contribution in [-0.2, 0) is 5.41 Å². The molecule has 222 valence electrons. The van der Waals surface area contributed by atoms with Gasteiger partial charge in [0, 0.05) is 27.3 Å². The van der Waals surface area contributed by atoms with Crippen LogP contribution in [0.25, 0.3) is 72.0 Å². The highest BCUT2D eigenvalue weighted by atomic mass is 16.5. The van der Waals surface area contributed by atoms with Crippen molar-refractivity contribution in [1.82, 2.24) is 4.57 Å². The second kappa shape index (κ2) is 9.57. The van der Waals surface area contributed by atoms with E-state index in [4.69, 9.17) is 4.74 Å². The van der Waals surface area contributed by atoms with E-state index in [2.05, 4.69) is 170 Å². The summed E-state index contributed by atoms with van der Waals surface area (Å²) in [5, 5.41) is 2.43. The van der Waals surface area contributed by atoms with Crippen LogP contribution in [-0.4, -0.2) is 4.57 Å². The third-order valence-electron chi connectivity index (χ3n) is 10.4. The van der Waals surface area contributed by atoms with Crippen molar-refractivity contribution < 1.29 is 4.74 Å². The third kappa shape index (κ3) is 3.67. The van der Waals surface area contributed by atoms with Gasteiger partial charge in [0.2, 0.25) is 0 Å². The van der Waals surface area contributed by atoms with Gasteiger partial charge in [0.05, 0.1) is 16.7 Å². The molecule has 0 atom stereocenters. The molecular formula is C45H31NO. The lowest BCUT2D eigenvalue weighted by atomic mass is 9.80. The molecule has 2 aliphatic rings. The smallest absolute Gasteiger partial charge is 0.160 e. The van der Waals surface area contributed by atoms with E-state index in [0.717, 1.165) is 28.3 Å². The van der Waals surface area contributed by atoms with Crippen LogP contribution in [0.3, 0.4) is 0 Å². The molecular weight excluding hydrogens is 571 g/mol. The van der Waals surface area contributed by atoms with Gasteiger partial charge in [-0.25, -0.2) is 0 Å². The van der Waals surface area contributed by atoms with Gasteiger partial charge in [-0.1, -0.05) is 135 Å². The maximum atomic E-state index is 7.29. The van der Waals surface area contributed by atoms with E-state index in [9.17, 15) is 0 Å². The minimum Gasteiger partial charge on any atom is -0.452 e. The zero-order valence-corrected chi connectivity index (χ0v) is 26.3. The van der Waals surface area contributed by atoms with E-state index in [-0.39, 0.29) is 5.41 Å². The first-order valence-corrected chi connectivity index (χ1v) is 16.4. The number of nitrogens with zero attached hydrogens (tertiary/aromatic N) is 1. The lowest BCUT2D eigenvalue weighted by molar-refractivity contribution is 0.478. The minimum absolute atomic E-state index is 0.225. The zero-order valence-electron chi connectivity index (χ0n) is 26.3. The van der Waals surface area contributed by atoms with Crippen LogP contribution < -0.4 is 4.74 Å². The second-order valence-electron chi connectivity index (χ2n) is 13.3. The molecule has 0 N–H and O–H groups in total. The topological polar surface area (TPSA) is 14.2 Å². The Hall–Kier alpha value is -5.86. The van der Waals surface area contributed by atoms with Crippen LogP contribution >= 0.6 is 0 Å². The van der Waals surface area contributed by atoms with Crippen LogP contribution in [0, 0.1) is 0 Å². The lowest BCUT2D eigenvalue weighted by Crippen LogP contribution is -2.16. The fourth-order valence-corrected chi connectivity index (χ4v) is 8.08. The summed E-state index contributed by atoms with van der Waals surface area (Å²) in [7, 11) is 0. The van der Waals surface area contributed by atoms with Gasteiger partial charge in [-0.2, -0.15) is 0 Å². The number of fused-ring (bicyclic) bond motifs is 9. The standard InChI is InChI=1S/C45H31NO/c1-45(2)37-25-31(28-14-6-3-7-15-28)22-23-34(37)41-38(45)27-35(30-18-10-5-11-19-30)43-44(41)47-40-26-32(29-16-8-4-9-17-29)24-36-33-20-12-13-21-39(33)46(43)42(36)40/h3-27H,1-2H3. The van der Waals surface area contributed by atoms with Gasteiger partial charge < -0.3 is 9.30 Å². The Morgan fingerprint density at radius 3 is 1.85 bits per heavy atom. The first kappa shape index (κ1) is 26.4. The average Bonchev–Trinajstić information content (AvgIpc) is 3.58. The molecule has 2 heterocycles. The van der Waals surface area contributed by atoms with Crippen LogP contribution in [0.2, 0.25) is 0 Å². The van der Waals surface area contributed by atoms with Crippen molar-refractivity contribution in [3.63, 3.8) is 0 Å². The molecule has 1 aliphatic carbocycles. The summed E-state index contributed by atoms with van der Waals surface area (Å²) in [6.07, 6.45) is 0. The molecule has 2 heteroatoms. The highest BCUT2D eigenvalue weighted by Gasteiger charge is 2.41. The predicted molar refractivity (Wildman–Crippen MR) is 195 cm³/mol. The number of para-hydroxylation sites is 1. The van der Waals surface area contributed by atoms with Crippen molar-refractivity contribution in [2.45, 2.75) is 19.3 Å². The monoisotopic (exact) mass is 601 g/mol. The fourth-order valence-electron chi connectivity index (χ4n) is 8.08. The van der Waals surface area contributed by atoms with E-state index in [1.54, 1.807) is 0 Å². The Morgan fingerprint density at radius 1 is 0.489 bits per heavy atom. The van der Waals surface area contributed by atoms with Gasteiger partial charge in [0.1, 0.15) is 0 Å². The summed E-state index contributed by atoms with van der Waals surface area (Å²) in [5.41, 5.74) is 15.4. The zero-order chi connectivity index (χ0) is 31.3. The largest absolute Gasteiger partial charge is 0.452 e. The number of hydrogen-bond acceptors (Lipinski definition) is 1. The van der Waals surface area contributed by atoms with Gasteiger partial charge in [0.25, 0.3) is 0 Å². The average molecular weight is 602 g/mol. The summed E-state index contributed by atoms with van der Waals surface area (Å²) in [6, 6.07) is 54.9. The van der Waals surface area contributed by atoms with Crippen molar-refractivity contribution in [2.75, 3.05) is 0 Å². The highest BCUT2D eigenvalue weighted by molar-refractivity contribution is 6.15. The van der Waals surface area contributed by atoms with Crippen LogP contribution in [0.4, 0.5) is 0 Å². The fraction of sp³-hybridized carbons (Fsp3) is 0.0667. The van der Waals surface area contributed by atoms with Gasteiger partial charge in [-0.05, 0) is 74.8 Å². The molecule has 1 aliphatic heterocycles. The summed E-state index contributed by atoms with van der Waals surface area (Å²) < 4.78 is 9.76. The molecule has 2 nitrogen and oxygen atoms in total. The van der Waals surface area contributed by atoms with Crippen LogP contribution in [0.5, 0.6) is 11.5 Å². The normalized spacial score (nSPS) is 13.7. The molecule has 10 rings (SSSR count). The van der Waals surface area contributed by atoms with E-state index in [0.29, 0.717) is 0 Å². The Bertz CT molecular complexity index is 2540. The van der Waals surface area contributed by atoms with Crippen LogP contribution in [0.15, 0.2) is 152 Å². The van der Waals surface area contributed by atoms with Gasteiger partial charge in [-0.3, -0.25) is 0 Å². The Labute approximate surface area is 274 Å². The van der Waals surface area contributed by atoms with E-state index in [1.807, 2.05) is 0 Å². The summed E-state index contributed by atoms with van der Waals surface area (Å²) >= 11 is 0. The number of benzene rings is 7. The maximum Gasteiger partial charge on any atom is 0.160 e.